The van der Waals surface area contributed by atoms with E-state index in [4.69, 9.17) is 15.2 Å². The van der Waals surface area contributed by atoms with Gasteiger partial charge in [0.2, 0.25) is 0 Å². The summed E-state index contributed by atoms with van der Waals surface area (Å²) in [4.78, 5) is -0.548. The molecule has 12 heteroatoms. The van der Waals surface area contributed by atoms with Gasteiger partial charge in [-0.25, -0.2) is 0 Å². The van der Waals surface area contributed by atoms with Crippen LogP contribution in [0.25, 0.3) is 10.8 Å². The van der Waals surface area contributed by atoms with Crippen LogP contribution < -0.4 is 15.2 Å². The summed E-state index contributed by atoms with van der Waals surface area (Å²) in [5, 5.41) is 28.1. The Labute approximate surface area is 225 Å². The van der Waals surface area contributed by atoms with Crippen LogP contribution in [0.2, 0.25) is 0 Å². The van der Waals surface area contributed by atoms with Crippen LogP contribution in [-0.4, -0.2) is 32.3 Å². The van der Waals surface area contributed by atoms with Crippen molar-refractivity contribution in [3.63, 3.8) is 0 Å². The topological polar surface area (TPSA) is 169 Å². The van der Waals surface area contributed by atoms with E-state index in [9.17, 15) is 18.1 Å². The van der Waals surface area contributed by atoms with Gasteiger partial charge in [0.25, 0.3) is 10.1 Å². The minimum atomic E-state index is -4.74. The lowest BCUT2D eigenvalue weighted by atomic mass is 10.0. The number of nitrogens with two attached hydrogens (primary N) is 1. The average Bonchev–Trinajstić information content (AvgIpc) is 2.88. The van der Waals surface area contributed by atoms with E-state index in [1.165, 1.54) is 20.3 Å². The van der Waals surface area contributed by atoms with Gasteiger partial charge in [-0.2, -0.15) is 13.5 Å². The molecule has 0 aliphatic rings. The maximum absolute atomic E-state index is 12.2. The number of fused-ring (bicyclic) bond motifs is 1. The van der Waals surface area contributed by atoms with Crippen molar-refractivity contribution in [1.29, 1.82) is 0 Å². The van der Waals surface area contributed by atoms with Crippen molar-refractivity contribution >= 4 is 49.3 Å². The van der Waals surface area contributed by atoms with Gasteiger partial charge in [-0.15, -0.1) is 15.3 Å². The third-order valence-corrected chi connectivity index (χ3v) is 6.94. The van der Waals surface area contributed by atoms with Crippen molar-refractivity contribution in [1.82, 2.24) is 0 Å². The van der Waals surface area contributed by atoms with Gasteiger partial charge in [0.05, 0.1) is 31.0 Å². The van der Waals surface area contributed by atoms with Crippen molar-refractivity contribution in [3.05, 3.63) is 65.2 Å². The van der Waals surface area contributed by atoms with Crippen LogP contribution in [0.4, 0.5) is 28.4 Å². The summed E-state index contributed by atoms with van der Waals surface area (Å²) >= 11 is 0. The molecule has 4 rings (SSSR count). The molecule has 0 radical (unpaired) electrons. The van der Waals surface area contributed by atoms with E-state index < -0.39 is 15.0 Å². The Hall–Kier alpha value is -4.55. The fraction of sp³-hybridized carbons (Fsp3) is 0.185. The number of nitrogens with zero attached hydrogens (tertiary/aromatic N) is 4. The first-order valence-electron chi connectivity index (χ1n) is 11.6. The Balaban J connectivity index is 1.91. The van der Waals surface area contributed by atoms with Gasteiger partial charge in [-0.05, 0) is 67.6 Å². The van der Waals surface area contributed by atoms with Crippen LogP contribution in [-0.2, 0) is 10.1 Å². The highest BCUT2D eigenvalue weighted by Gasteiger charge is 2.24. The van der Waals surface area contributed by atoms with E-state index in [0.29, 0.717) is 28.4 Å². The van der Waals surface area contributed by atoms with Crippen LogP contribution in [0.1, 0.15) is 16.7 Å². The van der Waals surface area contributed by atoms with Gasteiger partial charge >= 0.3 is 0 Å². The normalized spacial score (nSPS) is 12.1. The van der Waals surface area contributed by atoms with Crippen molar-refractivity contribution in [2.24, 2.45) is 20.5 Å². The summed E-state index contributed by atoms with van der Waals surface area (Å²) in [7, 11) is -1.71. The van der Waals surface area contributed by atoms with Crippen LogP contribution in [0.3, 0.4) is 0 Å². The fourth-order valence-electron chi connectivity index (χ4n) is 4.03. The van der Waals surface area contributed by atoms with Crippen LogP contribution in [0.15, 0.2) is 73.9 Å². The molecular formula is C27H27N5O6S. The second-order valence-electron chi connectivity index (χ2n) is 8.83. The molecule has 0 amide bonds. The summed E-state index contributed by atoms with van der Waals surface area (Å²) in [5.74, 6) is 0.679. The number of azo groups is 2. The molecule has 0 saturated carbocycles. The van der Waals surface area contributed by atoms with Gasteiger partial charge < -0.3 is 20.3 Å². The highest BCUT2D eigenvalue weighted by molar-refractivity contribution is 7.86. The molecule has 4 aromatic carbocycles. The molecule has 0 atom stereocenters. The first kappa shape index (κ1) is 27.5. The lowest BCUT2D eigenvalue weighted by Gasteiger charge is -2.14. The molecule has 0 aromatic heterocycles. The maximum atomic E-state index is 12.2. The van der Waals surface area contributed by atoms with Crippen molar-refractivity contribution in [2.45, 2.75) is 25.7 Å². The molecule has 0 bridgehead atoms. The van der Waals surface area contributed by atoms with Gasteiger partial charge in [0, 0.05) is 6.07 Å². The standard InChI is InChI=1S/C27H27N5O6S/c1-14-6-8-18(9-7-14)29-32-26-22(39(34,35)36)12-17-10-16(3)25(27(33)23(17)24(26)28)31-30-19-13-20(37-4)15(2)11-21(19)38-5/h6-13,33H,28H2,1-5H3,(H,34,35,36). The molecule has 4 N–H and O–H groups in total. The Bertz CT molecular complexity index is 1750. The summed E-state index contributed by atoms with van der Waals surface area (Å²) in [6, 6.07) is 13.2. The SMILES string of the molecule is COc1cc(N=Nc2c(C)cc3cc(S(=O)(=O)O)c(N=Nc4ccc(C)cc4)c(N)c3c2O)c(OC)cc1C. The third kappa shape index (κ3) is 5.52. The number of aryl methyl sites for hydroxylation is 3. The van der Waals surface area contributed by atoms with E-state index in [-0.39, 0.29) is 33.6 Å². The number of phenolic OH excluding ortho intramolecular Hbond substituents is 1. The van der Waals surface area contributed by atoms with Crippen LogP contribution in [0, 0.1) is 20.8 Å². The number of nitrogen functional groups attached to an aromatic ring is 1. The summed E-state index contributed by atoms with van der Waals surface area (Å²) in [6.45, 7) is 5.43. The number of anilines is 1. The maximum Gasteiger partial charge on any atom is 0.296 e. The van der Waals surface area contributed by atoms with E-state index >= 15 is 0 Å². The number of rotatable bonds is 7. The first-order valence-corrected chi connectivity index (χ1v) is 13.1. The second-order valence-corrected chi connectivity index (χ2v) is 10.2. The number of methoxy groups -OCH3 is 2. The number of ether oxygens (including phenoxy) is 2. The zero-order valence-corrected chi connectivity index (χ0v) is 22.7. The molecule has 0 saturated heterocycles. The zero-order chi connectivity index (χ0) is 28.5. The number of phenols is 1. The van der Waals surface area contributed by atoms with Gasteiger partial charge in [0.15, 0.2) is 5.75 Å². The minimum absolute atomic E-state index is 0.0771. The predicted molar refractivity (Wildman–Crippen MR) is 148 cm³/mol. The Morgan fingerprint density at radius 3 is 2.05 bits per heavy atom. The van der Waals surface area contributed by atoms with Gasteiger partial charge in [0.1, 0.15) is 33.5 Å². The second kappa shape index (κ2) is 10.7. The molecule has 0 aliphatic carbocycles. The molecule has 0 spiro atoms. The van der Waals surface area contributed by atoms with Gasteiger partial charge in [-0.3, -0.25) is 4.55 Å². The predicted octanol–water partition coefficient (Wildman–Crippen LogP) is 7.15. The highest BCUT2D eigenvalue weighted by atomic mass is 32.2. The smallest absolute Gasteiger partial charge is 0.296 e. The minimum Gasteiger partial charge on any atom is -0.505 e. The lowest BCUT2D eigenvalue weighted by molar-refractivity contribution is 0.401. The van der Waals surface area contributed by atoms with Crippen molar-refractivity contribution in [3.8, 4) is 17.2 Å². The molecule has 202 valence electrons. The van der Waals surface area contributed by atoms with E-state index in [2.05, 4.69) is 20.5 Å². The van der Waals surface area contributed by atoms with Gasteiger partial charge in [-0.1, -0.05) is 17.7 Å². The van der Waals surface area contributed by atoms with E-state index in [1.54, 1.807) is 37.3 Å². The Morgan fingerprint density at radius 1 is 0.795 bits per heavy atom. The third-order valence-electron chi connectivity index (χ3n) is 6.07. The Kier molecular flexibility index (Phi) is 7.52. The number of aromatic hydroxyl groups is 1. The average molecular weight is 550 g/mol. The summed E-state index contributed by atoms with van der Waals surface area (Å²) in [6.07, 6.45) is 0. The van der Waals surface area contributed by atoms with E-state index in [0.717, 1.165) is 11.1 Å². The molecule has 0 heterocycles. The van der Waals surface area contributed by atoms with Crippen molar-refractivity contribution in [2.75, 3.05) is 20.0 Å². The molecule has 39 heavy (non-hydrogen) atoms. The highest BCUT2D eigenvalue weighted by Crippen LogP contribution is 2.47. The molecule has 0 fully saturated rings. The number of hydrogen-bond donors (Lipinski definition) is 3. The largest absolute Gasteiger partial charge is 0.505 e. The fourth-order valence-corrected chi connectivity index (χ4v) is 4.71. The quantitative estimate of drug-likeness (QED) is 0.125. The lowest BCUT2D eigenvalue weighted by Crippen LogP contribution is -2.02. The molecule has 0 unspecified atom stereocenters. The van der Waals surface area contributed by atoms with E-state index in [1.807, 2.05) is 26.0 Å². The molecule has 4 aromatic rings. The molecule has 11 nitrogen and oxygen atoms in total. The summed E-state index contributed by atoms with van der Waals surface area (Å²) < 4.78 is 45.1. The van der Waals surface area contributed by atoms with Crippen LogP contribution >= 0.6 is 0 Å². The zero-order valence-electron chi connectivity index (χ0n) is 21.9. The molecule has 0 aliphatic heterocycles. The molecular weight excluding hydrogens is 522 g/mol. The number of hydrogen-bond acceptors (Lipinski definition) is 10. The summed E-state index contributed by atoms with van der Waals surface area (Å²) in [5.41, 5.74) is 9.01. The number of benzene rings is 4. The Morgan fingerprint density at radius 2 is 1.44 bits per heavy atom. The van der Waals surface area contributed by atoms with Crippen LogP contribution in [0.5, 0.6) is 17.2 Å². The monoisotopic (exact) mass is 549 g/mol. The first-order chi connectivity index (χ1) is 18.4. The van der Waals surface area contributed by atoms with Crippen molar-refractivity contribution < 1.29 is 27.6 Å².